The Morgan fingerprint density at radius 3 is 2.36 bits per heavy atom. The molecule has 3 rings (SSSR count). The lowest BCUT2D eigenvalue weighted by Gasteiger charge is -2.38. The van der Waals surface area contributed by atoms with E-state index in [1.165, 1.54) is 18.3 Å². The highest BCUT2D eigenvalue weighted by atomic mass is 19.1. The zero-order chi connectivity index (χ0) is 20.1. The molecule has 2 N–H and O–H groups in total. The van der Waals surface area contributed by atoms with Crippen LogP contribution in [0, 0.1) is 5.82 Å². The second-order valence-electron chi connectivity index (χ2n) is 6.51. The summed E-state index contributed by atoms with van der Waals surface area (Å²) >= 11 is 0. The normalized spacial score (nSPS) is 15.9. The molecule has 0 saturated carbocycles. The lowest BCUT2D eigenvalue weighted by atomic mass is 10.0. The van der Waals surface area contributed by atoms with E-state index >= 15 is 0 Å². The molecule has 1 saturated heterocycles. The largest absolute Gasteiger partial charge is 0.462 e. The van der Waals surface area contributed by atoms with Crippen molar-refractivity contribution >= 4 is 17.7 Å². The molecule has 0 aliphatic carbocycles. The summed E-state index contributed by atoms with van der Waals surface area (Å²) in [6, 6.07) is 8.72. The summed E-state index contributed by atoms with van der Waals surface area (Å²) in [6.07, 6.45) is 1.50. The Bertz CT molecular complexity index is 818. The third-order valence-corrected chi connectivity index (χ3v) is 4.72. The molecule has 8 heteroatoms. The fraction of sp³-hybridized carbons (Fsp3) is 0.350. The predicted octanol–water partition coefficient (Wildman–Crippen LogP) is 1.75. The maximum absolute atomic E-state index is 13.2. The van der Waals surface area contributed by atoms with Crippen LogP contribution in [-0.4, -0.2) is 54.5 Å². The first-order chi connectivity index (χ1) is 13.5. The van der Waals surface area contributed by atoms with Crippen molar-refractivity contribution in [1.29, 1.82) is 0 Å². The van der Waals surface area contributed by atoms with Crippen LogP contribution in [0.4, 0.5) is 10.2 Å². The average molecular weight is 386 g/mol. The number of nitrogens with two attached hydrogens (primary N) is 1. The summed E-state index contributed by atoms with van der Waals surface area (Å²) in [6.45, 7) is 4.58. The van der Waals surface area contributed by atoms with Gasteiger partial charge in [0.25, 0.3) is 0 Å². The van der Waals surface area contributed by atoms with E-state index in [1.807, 2.05) is 4.90 Å². The van der Waals surface area contributed by atoms with E-state index in [0.717, 1.165) is 5.82 Å². The SMILES string of the molecule is CCOC(=O)c1ccc(N2CCN([C@H](C(N)=O)c3ccc(F)cc3)CC2)nc1. The molecule has 148 valence electrons. The standard InChI is InChI=1S/C20H23FN4O3/c1-2-28-20(27)15-5-8-17(23-13-15)24-9-11-25(12-10-24)18(19(22)26)14-3-6-16(21)7-4-14/h3-8,13,18H,2,9-12H2,1H3,(H2,22,26)/t18-/m0/s1. The first kappa shape index (κ1) is 19.8. The van der Waals surface area contributed by atoms with Gasteiger partial charge in [0, 0.05) is 32.4 Å². The van der Waals surface area contributed by atoms with Crippen LogP contribution in [0.3, 0.4) is 0 Å². The molecule has 1 atom stereocenters. The van der Waals surface area contributed by atoms with Crippen LogP contribution in [0.2, 0.25) is 0 Å². The van der Waals surface area contributed by atoms with E-state index in [1.54, 1.807) is 31.2 Å². The van der Waals surface area contributed by atoms with Gasteiger partial charge in [0.2, 0.25) is 5.91 Å². The number of anilines is 1. The van der Waals surface area contributed by atoms with Crippen molar-refractivity contribution in [1.82, 2.24) is 9.88 Å². The molecule has 0 unspecified atom stereocenters. The number of carbonyl (C=O) groups is 2. The summed E-state index contributed by atoms with van der Waals surface area (Å²) in [7, 11) is 0. The molecule has 1 aromatic heterocycles. The zero-order valence-corrected chi connectivity index (χ0v) is 15.7. The number of nitrogens with zero attached hydrogens (tertiary/aromatic N) is 3. The van der Waals surface area contributed by atoms with Gasteiger partial charge in [-0.3, -0.25) is 9.69 Å². The number of hydrogen-bond acceptors (Lipinski definition) is 6. The van der Waals surface area contributed by atoms with E-state index in [9.17, 15) is 14.0 Å². The Hall–Kier alpha value is -3.00. The molecule has 2 heterocycles. The van der Waals surface area contributed by atoms with Gasteiger partial charge in [-0.05, 0) is 36.8 Å². The van der Waals surface area contributed by atoms with Gasteiger partial charge < -0.3 is 15.4 Å². The van der Waals surface area contributed by atoms with E-state index in [2.05, 4.69) is 9.88 Å². The van der Waals surface area contributed by atoms with Crippen molar-refractivity contribution < 1.29 is 18.7 Å². The zero-order valence-electron chi connectivity index (χ0n) is 15.7. The minimum absolute atomic E-state index is 0.317. The highest BCUT2D eigenvalue weighted by Crippen LogP contribution is 2.24. The van der Waals surface area contributed by atoms with E-state index < -0.39 is 17.9 Å². The van der Waals surface area contributed by atoms with Gasteiger partial charge in [0.15, 0.2) is 0 Å². The Kier molecular flexibility index (Phi) is 6.20. The number of halogens is 1. The van der Waals surface area contributed by atoms with Gasteiger partial charge in [-0.15, -0.1) is 0 Å². The molecule has 2 aromatic rings. The monoisotopic (exact) mass is 386 g/mol. The average Bonchev–Trinajstić information content (AvgIpc) is 2.70. The number of hydrogen-bond donors (Lipinski definition) is 1. The van der Waals surface area contributed by atoms with Crippen LogP contribution in [0.25, 0.3) is 0 Å². The minimum Gasteiger partial charge on any atom is -0.462 e. The van der Waals surface area contributed by atoms with Gasteiger partial charge >= 0.3 is 5.97 Å². The third kappa shape index (κ3) is 4.45. The summed E-state index contributed by atoms with van der Waals surface area (Å²) in [5.41, 5.74) is 6.70. The molecule has 1 amide bonds. The number of ether oxygens (including phenoxy) is 1. The van der Waals surface area contributed by atoms with Crippen LogP contribution >= 0.6 is 0 Å². The third-order valence-electron chi connectivity index (χ3n) is 4.72. The molecule has 1 aliphatic rings. The van der Waals surface area contributed by atoms with Gasteiger partial charge in [0.05, 0.1) is 12.2 Å². The van der Waals surface area contributed by atoms with Crippen molar-refractivity contribution in [2.45, 2.75) is 13.0 Å². The summed E-state index contributed by atoms with van der Waals surface area (Å²) in [5.74, 6) is -0.453. The first-order valence-corrected chi connectivity index (χ1v) is 9.16. The van der Waals surface area contributed by atoms with Crippen molar-refractivity contribution in [2.24, 2.45) is 5.73 Å². The summed E-state index contributed by atoms with van der Waals surface area (Å²) < 4.78 is 18.1. The number of amides is 1. The number of piperazine rings is 1. The Balaban J connectivity index is 1.65. The van der Waals surface area contributed by atoms with Crippen LogP contribution in [0.5, 0.6) is 0 Å². The Morgan fingerprint density at radius 2 is 1.82 bits per heavy atom. The van der Waals surface area contributed by atoms with E-state index in [0.29, 0.717) is 43.9 Å². The molecule has 1 aromatic carbocycles. The maximum Gasteiger partial charge on any atom is 0.339 e. The predicted molar refractivity (Wildman–Crippen MR) is 102 cm³/mol. The highest BCUT2D eigenvalue weighted by Gasteiger charge is 2.29. The molecule has 0 spiro atoms. The van der Waals surface area contributed by atoms with E-state index in [-0.39, 0.29) is 5.82 Å². The molecule has 0 bridgehead atoms. The number of aromatic nitrogens is 1. The summed E-state index contributed by atoms with van der Waals surface area (Å²) in [4.78, 5) is 32.1. The molecule has 28 heavy (non-hydrogen) atoms. The van der Waals surface area contributed by atoms with Gasteiger partial charge in [-0.25, -0.2) is 14.2 Å². The van der Waals surface area contributed by atoms with Crippen LogP contribution in [0.1, 0.15) is 28.9 Å². The topological polar surface area (TPSA) is 88.8 Å². The molecular formula is C20H23FN4O3. The Labute approximate surface area is 162 Å². The fourth-order valence-corrected chi connectivity index (χ4v) is 3.32. The number of carbonyl (C=O) groups excluding carboxylic acids is 2. The molecular weight excluding hydrogens is 363 g/mol. The molecule has 1 aliphatic heterocycles. The summed E-state index contributed by atoms with van der Waals surface area (Å²) in [5, 5.41) is 0. The quantitative estimate of drug-likeness (QED) is 0.761. The van der Waals surface area contributed by atoms with Crippen molar-refractivity contribution in [3.05, 3.63) is 59.5 Å². The number of primary amides is 1. The number of rotatable bonds is 6. The highest BCUT2D eigenvalue weighted by molar-refractivity contribution is 5.89. The first-order valence-electron chi connectivity index (χ1n) is 9.16. The van der Waals surface area contributed by atoms with Gasteiger partial charge in [-0.2, -0.15) is 0 Å². The number of esters is 1. The van der Waals surface area contributed by atoms with Gasteiger partial charge in [-0.1, -0.05) is 12.1 Å². The van der Waals surface area contributed by atoms with Crippen molar-refractivity contribution in [2.75, 3.05) is 37.7 Å². The number of pyridine rings is 1. The van der Waals surface area contributed by atoms with Crippen molar-refractivity contribution in [3.8, 4) is 0 Å². The minimum atomic E-state index is -0.595. The lowest BCUT2D eigenvalue weighted by Crippen LogP contribution is -2.50. The molecule has 7 nitrogen and oxygen atoms in total. The van der Waals surface area contributed by atoms with Crippen LogP contribution in [0.15, 0.2) is 42.6 Å². The lowest BCUT2D eigenvalue weighted by molar-refractivity contribution is -0.123. The second-order valence-corrected chi connectivity index (χ2v) is 6.51. The fourth-order valence-electron chi connectivity index (χ4n) is 3.32. The van der Waals surface area contributed by atoms with Crippen LogP contribution in [-0.2, 0) is 9.53 Å². The van der Waals surface area contributed by atoms with Crippen LogP contribution < -0.4 is 10.6 Å². The maximum atomic E-state index is 13.2. The second kappa shape index (κ2) is 8.79. The Morgan fingerprint density at radius 1 is 1.14 bits per heavy atom. The number of benzene rings is 1. The van der Waals surface area contributed by atoms with E-state index in [4.69, 9.17) is 10.5 Å². The van der Waals surface area contributed by atoms with Crippen molar-refractivity contribution in [3.63, 3.8) is 0 Å². The molecule has 0 radical (unpaired) electrons. The van der Waals surface area contributed by atoms with Gasteiger partial charge in [0.1, 0.15) is 17.7 Å². The molecule has 1 fully saturated rings. The smallest absolute Gasteiger partial charge is 0.339 e.